The molecule has 0 saturated carbocycles. The van der Waals surface area contributed by atoms with Gasteiger partial charge in [-0.05, 0) is 56.3 Å². The van der Waals surface area contributed by atoms with Gasteiger partial charge in [-0.25, -0.2) is 0 Å². The van der Waals surface area contributed by atoms with E-state index in [9.17, 15) is 9.59 Å². The first-order valence-corrected chi connectivity index (χ1v) is 10.6. The fourth-order valence-electron chi connectivity index (χ4n) is 3.73. The summed E-state index contributed by atoms with van der Waals surface area (Å²) in [5, 5.41) is 6.94. The summed E-state index contributed by atoms with van der Waals surface area (Å²) < 4.78 is 5.47. The van der Waals surface area contributed by atoms with Crippen LogP contribution in [0.2, 0.25) is 0 Å². The Kier molecular flexibility index (Phi) is 6.55. The summed E-state index contributed by atoms with van der Waals surface area (Å²) in [7, 11) is 3.40. The maximum Gasteiger partial charge on any atom is 0.253 e. The number of nitrogens with zero attached hydrogens (tertiary/aromatic N) is 5. The Hall–Kier alpha value is -3.59. The Labute approximate surface area is 186 Å². The smallest absolute Gasteiger partial charge is 0.253 e. The number of rotatable bonds is 6. The zero-order valence-electron chi connectivity index (χ0n) is 18.2. The van der Waals surface area contributed by atoms with E-state index in [1.54, 1.807) is 44.6 Å². The molecule has 166 valence electrons. The van der Waals surface area contributed by atoms with Crippen molar-refractivity contribution in [2.24, 2.45) is 0 Å². The number of benzene rings is 1. The molecule has 2 aromatic heterocycles. The summed E-state index contributed by atoms with van der Waals surface area (Å²) >= 11 is 0. The van der Waals surface area contributed by atoms with Gasteiger partial charge in [0.05, 0.1) is 6.54 Å². The van der Waals surface area contributed by atoms with Gasteiger partial charge in [-0.3, -0.25) is 19.5 Å². The number of amides is 2. The van der Waals surface area contributed by atoms with Gasteiger partial charge < -0.3 is 14.7 Å². The van der Waals surface area contributed by atoms with Crippen LogP contribution in [-0.4, -0.2) is 70.5 Å². The quantitative estimate of drug-likeness (QED) is 0.636. The van der Waals surface area contributed by atoms with Crippen LogP contribution < -0.4 is 5.32 Å². The van der Waals surface area contributed by atoms with Crippen molar-refractivity contribution in [2.75, 3.05) is 39.0 Å². The van der Waals surface area contributed by atoms with Crippen molar-refractivity contribution in [3.8, 4) is 11.5 Å². The predicted octanol–water partition coefficient (Wildman–Crippen LogP) is 2.65. The van der Waals surface area contributed by atoms with Gasteiger partial charge in [0.15, 0.2) is 0 Å². The van der Waals surface area contributed by atoms with Crippen molar-refractivity contribution < 1.29 is 14.1 Å². The molecule has 0 spiro atoms. The third-order valence-corrected chi connectivity index (χ3v) is 5.44. The van der Waals surface area contributed by atoms with Gasteiger partial charge in [0.2, 0.25) is 17.6 Å². The topological polar surface area (TPSA) is 104 Å². The molecular weight excluding hydrogens is 408 g/mol. The van der Waals surface area contributed by atoms with Gasteiger partial charge >= 0.3 is 0 Å². The van der Waals surface area contributed by atoms with Crippen LogP contribution >= 0.6 is 0 Å². The van der Waals surface area contributed by atoms with Crippen LogP contribution in [0, 0.1) is 0 Å². The summed E-state index contributed by atoms with van der Waals surface area (Å²) in [6.45, 7) is 1.82. The highest BCUT2D eigenvalue weighted by atomic mass is 16.5. The minimum absolute atomic E-state index is 0.101. The number of hydrogen-bond acceptors (Lipinski definition) is 7. The number of pyridine rings is 1. The van der Waals surface area contributed by atoms with Gasteiger partial charge in [0, 0.05) is 37.5 Å². The molecule has 4 rings (SSSR count). The monoisotopic (exact) mass is 434 g/mol. The molecule has 1 aliphatic heterocycles. The first-order valence-electron chi connectivity index (χ1n) is 10.6. The van der Waals surface area contributed by atoms with Crippen molar-refractivity contribution in [1.29, 1.82) is 0 Å². The van der Waals surface area contributed by atoms with Crippen LogP contribution in [0.15, 0.2) is 53.2 Å². The molecule has 0 bridgehead atoms. The van der Waals surface area contributed by atoms with E-state index in [2.05, 4.69) is 25.3 Å². The summed E-state index contributed by atoms with van der Waals surface area (Å²) in [4.78, 5) is 37.0. The van der Waals surface area contributed by atoms with E-state index in [0.717, 1.165) is 25.9 Å². The van der Waals surface area contributed by atoms with Crippen LogP contribution in [0.1, 0.15) is 35.0 Å². The Morgan fingerprint density at radius 1 is 1.16 bits per heavy atom. The summed E-state index contributed by atoms with van der Waals surface area (Å²) in [5.41, 5.74) is 1.84. The zero-order chi connectivity index (χ0) is 22.5. The van der Waals surface area contributed by atoms with E-state index in [4.69, 9.17) is 4.52 Å². The number of likely N-dealkylation sites (tertiary alicyclic amines) is 1. The summed E-state index contributed by atoms with van der Waals surface area (Å²) in [5.74, 6) is 1.09. The molecule has 0 aliphatic carbocycles. The summed E-state index contributed by atoms with van der Waals surface area (Å²) in [6, 6.07) is 12.6. The molecule has 2 amide bonds. The second-order valence-corrected chi connectivity index (χ2v) is 8.05. The van der Waals surface area contributed by atoms with Crippen LogP contribution in [0.5, 0.6) is 0 Å². The molecule has 1 aromatic carbocycles. The zero-order valence-corrected chi connectivity index (χ0v) is 18.2. The molecule has 0 radical (unpaired) electrons. The fraction of sp³-hybridized carbons (Fsp3) is 0.348. The van der Waals surface area contributed by atoms with Gasteiger partial charge in [0.25, 0.3) is 5.91 Å². The Morgan fingerprint density at radius 3 is 2.69 bits per heavy atom. The average Bonchev–Trinajstić information content (AvgIpc) is 3.30. The number of carbonyl (C=O) groups excluding carboxylic acids is 2. The van der Waals surface area contributed by atoms with Crippen LogP contribution in [0.4, 0.5) is 5.69 Å². The highest BCUT2D eigenvalue weighted by Gasteiger charge is 2.26. The van der Waals surface area contributed by atoms with Crippen molar-refractivity contribution in [3.05, 3.63) is 60.1 Å². The molecule has 1 aliphatic rings. The molecule has 9 nitrogen and oxygen atoms in total. The van der Waals surface area contributed by atoms with E-state index in [0.29, 0.717) is 35.2 Å². The largest absolute Gasteiger partial charge is 0.345 e. The van der Waals surface area contributed by atoms with Crippen LogP contribution in [-0.2, 0) is 4.79 Å². The molecule has 0 unspecified atom stereocenters. The minimum atomic E-state index is -0.104. The predicted molar refractivity (Wildman–Crippen MR) is 119 cm³/mol. The van der Waals surface area contributed by atoms with E-state index in [-0.39, 0.29) is 17.7 Å². The molecule has 9 heteroatoms. The van der Waals surface area contributed by atoms with E-state index < -0.39 is 0 Å². The lowest BCUT2D eigenvalue weighted by molar-refractivity contribution is -0.117. The molecule has 3 aromatic rings. The third-order valence-electron chi connectivity index (χ3n) is 5.44. The lowest BCUT2D eigenvalue weighted by atomic mass is 9.97. The fourth-order valence-corrected chi connectivity index (χ4v) is 3.73. The molecule has 1 saturated heterocycles. The van der Waals surface area contributed by atoms with Gasteiger partial charge in [-0.15, -0.1) is 0 Å². The standard InChI is InChI=1S/C23H26N6O3/c1-28(2)23(31)17-6-5-7-18(14-17)25-20(30)15-29-12-9-16(10-13-29)22-26-21(27-32-22)19-8-3-4-11-24-19/h3-8,11,14,16H,9-10,12-13,15H2,1-2H3,(H,25,30). The molecule has 32 heavy (non-hydrogen) atoms. The third kappa shape index (κ3) is 5.17. The normalized spacial score (nSPS) is 14.8. The lowest BCUT2D eigenvalue weighted by Gasteiger charge is -2.29. The maximum absolute atomic E-state index is 12.5. The van der Waals surface area contributed by atoms with Gasteiger partial charge in [-0.2, -0.15) is 4.98 Å². The molecule has 1 fully saturated rings. The second-order valence-electron chi connectivity index (χ2n) is 8.05. The number of anilines is 1. The van der Waals surface area contributed by atoms with Crippen molar-refractivity contribution in [2.45, 2.75) is 18.8 Å². The van der Waals surface area contributed by atoms with Crippen LogP contribution in [0.25, 0.3) is 11.5 Å². The van der Waals surface area contributed by atoms with Crippen molar-refractivity contribution in [3.63, 3.8) is 0 Å². The average molecular weight is 435 g/mol. The molecule has 3 heterocycles. The second kappa shape index (κ2) is 9.69. The van der Waals surface area contributed by atoms with Crippen molar-refractivity contribution in [1.82, 2.24) is 24.9 Å². The Bertz CT molecular complexity index is 1070. The number of nitrogens with one attached hydrogen (secondary N) is 1. The van der Waals surface area contributed by atoms with Gasteiger partial charge in [0.1, 0.15) is 5.69 Å². The van der Waals surface area contributed by atoms with E-state index in [1.807, 2.05) is 18.2 Å². The van der Waals surface area contributed by atoms with E-state index in [1.165, 1.54) is 4.90 Å². The molecule has 1 N–H and O–H groups in total. The summed E-state index contributed by atoms with van der Waals surface area (Å²) in [6.07, 6.45) is 3.37. The highest BCUT2D eigenvalue weighted by molar-refractivity contribution is 5.97. The number of carbonyl (C=O) groups is 2. The van der Waals surface area contributed by atoms with Crippen molar-refractivity contribution >= 4 is 17.5 Å². The Morgan fingerprint density at radius 2 is 1.97 bits per heavy atom. The number of aromatic nitrogens is 3. The number of piperidine rings is 1. The van der Waals surface area contributed by atoms with Crippen LogP contribution in [0.3, 0.4) is 0 Å². The minimum Gasteiger partial charge on any atom is -0.345 e. The maximum atomic E-state index is 12.5. The first kappa shape index (κ1) is 21.6. The van der Waals surface area contributed by atoms with Gasteiger partial charge in [-0.1, -0.05) is 17.3 Å². The molecule has 0 atom stereocenters. The highest BCUT2D eigenvalue weighted by Crippen LogP contribution is 2.28. The SMILES string of the molecule is CN(C)C(=O)c1cccc(NC(=O)CN2CCC(c3nc(-c4ccccn4)no3)CC2)c1. The Balaban J connectivity index is 1.28. The van der Waals surface area contributed by atoms with E-state index >= 15 is 0 Å². The lowest BCUT2D eigenvalue weighted by Crippen LogP contribution is -2.38. The first-order chi connectivity index (χ1) is 15.5. The number of hydrogen-bond donors (Lipinski definition) is 1. The molecular formula is C23H26N6O3.